The third kappa shape index (κ3) is 1.36. The van der Waals surface area contributed by atoms with E-state index in [-0.39, 0.29) is 6.10 Å². The van der Waals surface area contributed by atoms with E-state index in [9.17, 15) is 0 Å². The Morgan fingerprint density at radius 1 is 1.44 bits per heavy atom. The predicted octanol–water partition coefficient (Wildman–Crippen LogP) is 3.56. The first-order chi connectivity index (χ1) is 7.81. The molecule has 3 rings (SSSR count). The molecule has 0 aromatic carbocycles. The summed E-state index contributed by atoms with van der Waals surface area (Å²) in [6, 6.07) is 0. The Kier molecular flexibility index (Phi) is 2.40. The SMILES string of the molecule is CCC1CC=Cc2c1[nH]c1c2CCOC1C. The molecule has 2 aliphatic rings. The second-order valence-corrected chi connectivity index (χ2v) is 4.85. The summed E-state index contributed by atoms with van der Waals surface area (Å²) in [5.41, 5.74) is 5.74. The molecule has 2 atom stereocenters. The number of allylic oxidation sites excluding steroid dienone is 1. The molecule has 1 N–H and O–H groups in total. The van der Waals surface area contributed by atoms with Gasteiger partial charge in [-0.2, -0.15) is 0 Å². The molecular formula is C14H19NO. The molecule has 2 heteroatoms. The van der Waals surface area contributed by atoms with E-state index in [4.69, 9.17) is 4.74 Å². The number of fused-ring (bicyclic) bond motifs is 3. The van der Waals surface area contributed by atoms with Gasteiger partial charge < -0.3 is 9.72 Å². The van der Waals surface area contributed by atoms with Gasteiger partial charge in [-0.1, -0.05) is 19.1 Å². The van der Waals surface area contributed by atoms with Gasteiger partial charge in [0, 0.05) is 17.3 Å². The molecule has 0 saturated heterocycles. The lowest BCUT2D eigenvalue weighted by Crippen LogP contribution is -2.13. The maximum absolute atomic E-state index is 5.70. The van der Waals surface area contributed by atoms with Gasteiger partial charge in [-0.15, -0.1) is 0 Å². The highest BCUT2D eigenvalue weighted by Crippen LogP contribution is 2.39. The Morgan fingerprint density at radius 3 is 3.12 bits per heavy atom. The van der Waals surface area contributed by atoms with Crippen LogP contribution in [0.5, 0.6) is 0 Å². The number of nitrogens with one attached hydrogen (secondary N) is 1. The van der Waals surface area contributed by atoms with Crippen LogP contribution in [0.1, 0.15) is 61.2 Å². The molecule has 0 spiro atoms. The zero-order chi connectivity index (χ0) is 11.1. The topological polar surface area (TPSA) is 25.0 Å². The van der Waals surface area contributed by atoms with Crippen LogP contribution in [0.2, 0.25) is 0 Å². The van der Waals surface area contributed by atoms with Gasteiger partial charge in [0.1, 0.15) is 0 Å². The number of hydrogen-bond acceptors (Lipinski definition) is 1. The molecule has 86 valence electrons. The third-order valence-corrected chi connectivity index (χ3v) is 3.94. The Labute approximate surface area is 96.7 Å². The molecular weight excluding hydrogens is 198 g/mol. The molecule has 2 heterocycles. The molecule has 16 heavy (non-hydrogen) atoms. The zero-order valence-corrected chi connectivity index (χ0v) is 10.0. The van der Waals surface area contributed by atoms with Crippen LogP contribution in [-0.4, -0.2) is 11.6 Å². The molecule has 1 aromatic rings. The van der Waals surface area contributed by atoms with E-state index in [2.05, 4.69) is 31.0 Å². The van der Waals surface area contributed by atoms with Crippen molar-refractivity contribution < 1.29 is 4.74 Å². The van der Waals surface area contributed by atoms with Crippen molar-refractivity contribution in [1.82, 2.24) is 4.98 Å². The van der Waals surface area contributed by atoms with Gasteiger partial charge in [0.25, 0.3) is 0 Å². The largest absolute Gasteiger partial charge is 0.372 e. The Bertz CT molecular complexity index is 430. The van der Waals surface area contributed by atoms with Crippen molar-refractivity contribution in [3.05, 3.63) is 28.6 Å². The third-order valence-electron chi connectivity index (χ3n) is 3.94. The fourth-order valence-electron chi connectivity index (χ4n) is 2.98. The average Bonchev–Trinajstić information content (AvgIpc) is 2.69. The second-order valence-electron chi connectivity index (χ2n) is 4.85. The van der Waals surface area contributed by atoms with Crippen LogP contribution >= 0.6 is 0 Å². The smallest absolute Gasteiger partial charge is 0.0947 e. The summed E-state index contributed by atoms with van der Waals surface area (Å²) in [7, 11) is 0. The van der Waals surface area contributed by atoms with Crippen molar-refractivity contribution in [2.24, 2.45) is 0 Å². The van der Waals surface area contributed by atoms with Crippen molar-refractivity contribution in [3.63, 3.8) is 0 Å². The number of aromatic nitrogens is 1. The summed E-state index contributed by atoms with van der Waals surface area (Å²) in [5, 5.41) is 0. The second kappa shape index (κ2) is 3.77. The first kappa shape index (κ1) is 10.2. The first-order valence-corrected chi connectivity index (χ1v) is 6.34. The highest BCUT2D eigenvalue weighted by molar-refractivity contribution is 5.62. The molecule has 0 radical (unpaired) electrons. The first-order valence-electron chi connectivity index (χ1n) is 6.34. The number of H-pyrrole nitrogens is 1. The summed E-state index contributed by atoms with van der Waals surface area (Å²) < 4.78 is 5.70. The fraction of sp³-hybridized carbons (Fsp3) is 0.571. The van der Waals surface area contributed by atoms with Gasteiger partial charge in [-0.3, -0.25) is 0 Å². The van der Waals surface area contributed by atoms with Crippen LogP contribution < -0.4 is 0 Å². The van der Waals surface area contributed by atoms with Crippen molar-refractivity contribution in [1.29, 1.82) is 0 Å². The monoisotopic (exact) mass is 217 g/mol. The zero-order valence-electron chi connectivity index (χ0n) is 10.0. The molecule has 0 saturated carbocycles. The maximum atomic E-state index is 5.70. The summed E-state index contributed by atoms with van der Waals surface area (Å²) >= 11 is 0. The van der Waals surface area contributed by atoms with Crippen molar-refractivity contribution in [3.8, 4) is 0 Å². The maximum Gasteiger partial charge on any atom is 0.0947 e. The molecule has 1 aliphatic heterocycles. The van der Waals surface area contributed by atoms with Gasteiger partial charge in [0.05, 0.1) is 12.7 Å². The van der Waals surface area contributed by atoms with E-state index in [1.165, 1.54) is 35.4 Å². The number of aromatic amines is 1. The van der Waals surface area contributed by atoms with E-state index < -0.39 is 0 Å². The lowest BCUT2D eigenvalue weighted by molar-refractivity contribution is 0.0528. The van der Waals surface area contributed by atoms with Crippen LogP contribution in [0.3, 0.4) is 0 Å². The highest BCUT2D eigenvalue weighted by atomic mass is 16.5. The van der Waals surface area contributed by atoms with E-state index in [0.717, 1.165) is 13.0 Å². The minimum atomic E-state index is 0.236. The van der Waals surface area contributed by atoms with E-state index in [1.807, 2.05) is 0 Å². The Hall–Kier alpha value is -1.02. The molecule has 0 amide bonds. The van der Waals surface area contributed by atoms with Crippen molar-refractivity contribution in [2.75, 3.05) is 6.61 Å². The van der Waals surface area contributed by atoms with E-state index >= 15 is 0 Å². The minimum absolute atomic E-state index is 0.236. The van der Waals surface area contributed by atoms with E-state index in [0.29, 0.717) is 5.92 Å². The van der Waals surface area contributed by atoms with Crippen LogP contribution in [0, 0.1) is 0 Å². The van der Waals surface area contributed by atoms with Crippen LogP contribution in [-0.2, 0) is 11.2 Å². The standard InChI is InChI=1S/C14H19NO/c1-3-10-5-4-6-11-12-7-8-16-9(2)13(12)15-14(10)11/h4,6,9-10,15H,3,5,7-8H2,1-2H3. The molecule has 1 aliphatic carbocycles. The van der Waals surface area contributed by atoms with Gasteiger partial charge >= 0.3 is 0 Å². The Morgan fingerprint density at radius 2 is 2.31 bits per heavy atom. The number of hydrogen-bond donors (Lipinski definition) is 1. The summed E-state index contributed by atoms with van der Waals surface area (Å²) in [4.78, 5) is 3.63. The summed E-state index contributed by atoms with van der Waals surface area (Å²) in [6.07, 6.45) is 8.32. The van der Waals surface area contributed by atoms with Crippen LogP contribution in [0.25, 0.3) is 6.08 Å². The number of ether oxygens (including phenoxy) is 1. The quantitative estimate of drug-likeness (QED) is 0.764. The highest BCUT2D eigenvalue weighted by Gasteiger charge is 2.27. The average molecular weight is 217 g/mol. The lowest BCUT2D eigenvalue weighted by atomic mass is 9.88. The van der Waals surface area contributed by atoms with Crippen LogP contribution in [0.4, 0.5) is 0 Å². The lowest BCUT2D eigenvalue weighted by Gasteiger charge is -2.20. The predicted molar refractivity (Wildman–Crippen MR) is 65.5 cm³/mol. The minimum Gasteiger partial charge on any atom is -0.372 e. The molecule has 0 fully saturated rings. The van der Waals surface area contributed by atoms with Gasteiger partial charge in [-0.05, 0) is 37.3 Å². The van der Waals surface area contributed by atoms with Gasteiger partial charge in [-0.25, -0.2) is 0 Å². The molecule has 2 nitrogen and oxygen atoms in total. The van der Waals surface area contributed by atoms with Crippen molar-refractivity contribution >= 4 is 6.08 Å². The van der Waals surface area contributed by atoms with Gasteiger partial charge in [0.2, 0.25) is 0 Å². The Balaban J connectivity index is 2.12. The number of rotatable bonds is 1. The molecule has 1 aromatic heterocycles. The normalized spacial score (nSPS) is 27.6. The van der Waals surface area contributed by atoms with E-state index in [1.54, 1.807) is 0 Å². The molecule has 2 unspecified atom stereocenters. The summed E-state index contributed by atoms with van der Waals surface area (Å²) in [5.74, 6) is 0.679. The summed E-state index contributed by atoms with van der Waals surface area (Å²) in [6.45, 7) is 5.28. The molecule has 0 bridgehead atoms. The fourth-order valence-corrected chi connectivity index (χ4v) is 2.98. The van der Waals surface area contributed by atoms with Crippen molar-refractivity contribution in [2.45, 2.75) is 45.1 Å². The van der Waals surface area contributed by atoms with Crippen LogP contribution in [0.15, 0.2) is 6.08 Å². The van der Waals surface area contributed by atoms with Gasteiger partial charge in [0.15, 0.2) is 0 Å².